The molecule has 1 aliphatic rings. The van der Waals surface area contributed by atoms with Crippen LogP contribution >= 0.6 is 0 Å². The van der Waals surface area contributed by atoms with Crippen molar-refractivity contribution in [3.05, 3.63) is 33.6 Å². The first-order valence-electron chi connectivity index (χ1n) is 5.80. The van der Waals surface area contributed by atoms with Gasteiger partial charge in [0.2, 0.25) is 5.91 Å². The first-order chi connectivity index (χ1) is 8.95. The van der Waals surface area contributed by atoms with E-state index in [9.17, 15) is 19.3 Å². The van der Waals surface area contributed by atoms with E-state index < -0.39 is 10.7 Å². The molecular formula is C12H13FN2O4. The van der Waals surface area contributed by atoms with Gasteiger partial charge in [-0.05, 0) is 13.0 Å². The second-order valence-corrected chi connectivity index (χ2v) is 4.55. The van der Waals surface area contributed by atoms with Crippen molar-refractivity contribution in [3.63, 3.8) is 0 Å². The number of nitro groups is 1. The van der Waals surface area contributed by atoms with Crippen molar-refractivity contribution in [2.24, 2.45) is 5.92 Å². The van der Waals surface area contributed by atoms with Crippen LogP contribution in [0.25, 0.3) is 0 Å². The quantitative estimate of drug-likeness (QED) is 0.663. The molecule has 1 saturated heterocycles. The summed E-state index contributed by atoms with van der Waals surface area (Å²) in [6, 6.07) is 2.07. The number of carbonyl (C=O) groups excluding carboxylic acids is 1. The molecule has 1 heterocycles. The van der Waals surface area contributed by atoms with Gasteiger partial charge in [-0.15, -0.1) is 0 Å². The van der Waals surface area contributed by atoms with Crippen LogP contribution in [-0.4, -0.2) is 29.1 Å². The number of hydrogen-bond donors (Lipinski definition) is 1. The monoisotopic (exact) mass is 268 g/mol. The van der Waals surface area contributed by atoms with Gasteiger partial charge in [0.05, 0.1) is 4.92 Å². The van der Waals surface area contributed by atoms with E-state index in [0.717, 1.165) is 12.1 Å². The van der Waals surface area contributed by atoms with E-state index in [1.807, 2.05) is 0 Å². The summed E-state index contributed by atoms with van der Waals surface area (Å²) in [5, 5.41) is 20.1. The van der Waals surface area contributed by atoms with Gasteiger partial charge < -0.3 is 10.0 Å². The smallest absolute Gasteiger partial charge is 0.293 e. The number of aliphatic hydroxyl groups excluding tert-OH is 1. The van der Waals surface area contributed by atoms with Crippen LogP contribution in [0.5, 0.6) is 0 Å². The largest absolute Gasteiger partial charge is 0.396 e. The van der Waals surface area contributed by atoms with E-state index in [1.165, 1.54) is 11.8 Å². The lowest BCUT2D eigenvalue weighted by Crippen LogP contribution is -2.27. The minimum absolute atomic E-state index is 0.00838. The topological polar surface area (TPSA) is 83.7 Å². The molecule has 0 saturated carbocycles. The molecule has 1 N–H and O–H groups in total. The molecular weight excluding hydrogens is 255 g/mol. The molecule has 1 aliphatic heterocycles. The number of aliphatic hydroxyl groups is 1. The highest BCUT2D eigenvalue weighted by Gasteiger charge is 2.35. The Morgan fingerprint density at radius 2 is 2.26 bits per heavy atom. The Bertz CT molecular complexity index is 547. The second-order valence-electron chi connectivity index (χ2n) is 4.55. The molecule has 1 atom stereocenters. The van der Waals surface area contributed by atoms with Crippen molar-refractivity contribution in [2.45, 2.75) is 13.3 Å². The average molecular weight is 268 g/mol. The molecule has 1 aromatic carbocycles. The Morgan fingerprint density at radius 1 is 1.58 bits per heavy atom. The molecule has 19 heavy (non-hydrogen) atoms. The Hall–Kier alpha value is -2.02. The molecule has 0 aliphatic carbocycles. The van der Waals surface area contributed by atoms with Gasteiger partial charge in [0.1, 0.15) is 11.5 Å². The molecule has 7 heteroatoms. The summed E-state index contributed by atoms with van der Waals surface area (Å²) in [5.41, 5.74) is -0.238. The Morgan fingerprint density at radius 3 is 2.79 bits per heavy atom. The highest BCUT2D eigenvalue weighted by molar-refractivity contribution is 5.98. The first kappa shape index (κ1) is 13.4. The molecule has 1 unspecified atom stereocenters. The minimum atomic E-state index is -0.638. The lowest BCUT2D eigenvalue weighted by Gasteiger charge is -2.19. The zero-order valence-corrected chi connectivity index (χ0v) is 10.3. The van der Waals surface area contributed by atoms with Crippen molar-refractivity contribution >= 4 is 17.3 Å². The van der Waals surface area contributed by atoms with E-state index in [1.54, 1.807) is 0 Å². The maximum atomic E-state index is 13.6. The van der Waals surface area contributed by atoms with Gasteiger partial charge in [-0.2, -0.15) is 0 Å². The summed E-state index contributed by atoms with van der Waals surface area (Å²) in [5.74, 6) is -1.20. The van der Waals surface area contributed by atoms with Crippen LogP contribution in [-0.2, 0) is 4.79 Å². The van der Waals surface area contributed by atoms with Gasteiger partial charge >= 0.3 is 0 Å². The van der Waals surface area contributed by atoms with Crippen LogP contribution in [0.3, 0.4) is 0 Å². The summed E-state index contributed by atoms with van der Waals surface area (Å²) < 4.78 is 13.6. The number of nitrogens with zero attached hydrogens (tertiary/aromatic N) is 2. The number of halogens is 1. The van der Waals surface area contributed by atoms with E-state index in [0.29, 0.717) is 0 Å². The number of amides is 1. The number of hydrogen-bond acceptors (Lipinski definition) is 4. The van der Waals surface area contributed by atoms with Gasteiger partial charge in [-0.1, -0.05) is 0 Å². The van der Waals surface area contributed by atoms with Crippen LogP contribution < -0.4 is 4.90 Å². The summed E-state index contributed by atoms with van der Waals surface area (Å²) in [4.78, 5) is 23.4. The van der Waals surface area contributed by atoms with Crippen LogP contribution in [0.4, 0.5) is 15.8 Å². The van der Waals surface area contributed by atoms with E-state index in [2.05, 4.69) is 0 Å². The number of anilines is 1. The van der Waals surface area contributed by atoms with E-state index in [-0.39, 0.29) is 48.3 Å². The van der Waals surface area contributed by atoms with Crippen molar-refractivity contribution in [1.29, 1.82) is 0 Å². The fraction of sp³-hybridized carbons (Fsp3) is 0.417. The van der Waals surface area contributed by atoms with Crippen LogP contribution in [0.2, 0.25) is 0 Å². The third-order valence-corrected chi connectivity index (χ3v) is 3.27. The SMILES string of the molecule is Cc1c(F)ccc([N+](=O)[O-])c1N1CC(CO)CC1=O. The predicted octanol–water partition coefficient (Wildman–Crippen LogP) is 1.39. The van der Waals surface area contributed by atoms with E-state index >= 15 is 0 Å². The summed E-state index contributed by atoms with van der Waals surface area (Å²) >= 11 is 0. The fourth-order valence-electron chi connectivity index (χ4n) is 2.27. The molecule has 1 aromatic rings. The Balaban J connectivity index is 2.52. The predicted molar refractivity (Wildman–Crippen MR) is 65.3 cm³/mol. The van der Waals surface area contributed by atoms with Gasteiger partial charge in [0.25, 0.3) is 5.69 Å². The lowest BCUT2D eigenvalue weighted by molar-refractivity contribution is -0.384. The molecule has 2 rings (SSSR count). The third kappa shape index (κ3) is 2.28. The number of nitro benzene ring substituents is 1. The van der Waals surface area contributed by atoms with Gasteiger partial charge in [-0.25, -0.2) is 4.39 Å². The molecule has 1 fully saturated rings. The molecule has 0 radical (unpaired) electrons. The zero-order chi connectivity index (χ0) is 14.2. The van der Waals surface area contributed by atoms with Crippen LogP contribution in [0.1, 0.15) is 12.0 Å². The van der Waals surface area contributed by atoms with Crippen molar-refractivity contribution < 1.29 is 19.2 Å². The molecule has 6 nitrogen and oxygen atoms in total. The Labute approximate surface area is 108 Å². The maximum Gasteiger partial charge on any atom is 0.293 e. The molecule has 0 spiro atoms. The van der Waals surface area contributed by atoms with Crippen LogP contribution in [0.15, 0.2) is 12.1 Å². The third-order valence-electron chi connectivity index (χ3n) is 3.27. The zero-order valence-electron chi connectivity index (χ0n) is 10.3. The van der Waals surface area contributed by atoms with Crippen molar-refractivity contribution in [3.8, 4) is 0 Å². The molecule has 1 amide bonds. The first-order valence-corrected chi connectivity index (χ1v) is 5.80. The Kier molecular flexibility index (Phi) is 3.48. The van der Waals surface area contributed by atoms with E-state index in [4.69, 9.17) is 5.11 Å². The van der Waals surface area contributed by atoms with Gasteiger partial charge in [-0.3, -0.25) is 14.9 Å². The molecule has 102 valence electrons. The maximum absolute atomic E-state index is 13.6. The number of benzene rings is 1. The number of rotatable bonds is 3. The normalized spacial score (nSPS) is 19.0. The van der Waals surface area contributed by atoms with Gasteiger partial charge in [0, 0.05) is 37.1 Å². The standard InChI is InChI=1S/C12H13FN2O4/c1-7-9(13)2-3-10(15(18)19)12(7)14-5-8(6-16)4-11(14)17/h2-3,8,16H,4-6H2,1H3. The van der Waals surface area contributed by atoms with Crippen LogP contribution in [0, 0.1) is 28.8 Å². The lowest BCUT2D eigenvalue weighted by atomic mass is 10.1. The average Bonchev–Trinajstić information content (AvgIpc) is 2.73. The van der Waals surface area contributed by atoms with Gasteiger partial charge in [0.15, 0.2) is 0 Å². The second kappa shape index (κ2) is 4.93. The highest BCUT2D eigenvalue weighted by atomic mass is 19.1. The summed E-state index contributed by atoms with van der Waals surface area (Å²) in [6.45, 7) is 1.39. The van der Waals surface area contributed by atoms with Crippen molar-refractivity contribution in [1.82, 2.24) is 0 Å². The fourth-order valence-corrected chi connectivity index (χ4v) is 2.27. The number of carbonyl (C=O) groups is 1. The summed E-state index contributed by atoms with van der Waals surface area (Å²) in [6.07, 6.45) is 0.115. The summed E-state index contributed by atoms with van der Waals surface area (Å²) in [7, 11) is 0. The molecule has 0 aromatic heterocycles. The van der Waals surface area contributed by atoms with Crippen molar-refractivity contribution in [2.75, 3.05) is 18.1 Å². The highest BCUT2D eigenvalue weighted by Crippen LogP contribution is 2.36. The molecule has 0 bridgehead atoms. The minimum Gasteiger partial charge on any atom is -0.396 e.